The summed E-state index contributed by atoms with van der Waals surface area (Å²) in [6.45, 7) is 3.29. The van der Waals surface area contributed by atoms with Crippen molar-refractivity contribution in [3.8, 4) is 11.5 Å². The predicted octanol–water partition coefficient (Wildman–Crippen LogP) is 2.96. The number of fused-ring (bicyclic) bond motifs is 1. The normalized spacial score (nSPS) is 16.6. The summed E-state index contributed by atoms with van der Waals surface area (Å²) in [6.07, 6.45) is -0.844. The lowest BCUT2D eigenvalue weighted by Crippen LogP contribution is -2.47. The van der Waals surface area contributed by atoms with Crippen LogP contribution >= 0.6 is 0 Å². The first-order valence-electron chi connectivity index (χ1n) is 8.71. The molecule has 27 heavy (non-hydrogen) atoms. The molecule has 1 aliphatic rings. The highest BCUT2D eigenvalue weighted by molar-refractivity contribution is 6.12. The van der Waals surface area contributed by atoms with E-state index in [1.54, 1.807) is 48.5 Å². The Labute approximate surface area is 157 Å². The number of benzene rings is 2. The fraction of sp³-hybridized carbons (Fsp3) is 0.286. The van der Waals surface area contributed by atoms with Crippen LogP contribution in [0.3, 0.4) is 0 Å². The average molecular weight is 367 g/mol. The first-order chi connectivity index (χ1) is 12.9. The Morgan fingerprint density at radius 3 is 2.48 bits per heavy atom. The number of nitrogens with zero attached hydrogens (tertiary/aromatic N) is 1. The zero-order valence-corrected chi connectivity index (χ0v) is 15.5. The molecule has 0 N–H and O–H groups in total. The van der Waals surface area contributed by atoms with Gasteiger partial charge in [-0.1, -0.05) is 38.1 Å². The molecule has 1 heterocycles. The molecule has 1 atom stereocenters. The topological polar surface area (TPSA) is 72.9 Å². The third-order valence-electron chi connectivity index (χ3n) is 4.44. The quantitative estimate of drug-likeness (QED) is 0.600. The van der Waals surface area contributed by atoms with E-state index in [1.165, 1.54) is 7.11 Å². The van der Waals surface area contributed by atoms with Crippen molar-refractivity contribution in [2.24, 2.45) is 5.92 Å². The molecule has 2 aromatic carbocycles. The number of hydrogen-bond donors (Lipinski definition) is 0. The van der Waals surface area contributed by atoms with Crippen LogP contribution in [0.25, 0.3) is 0 Å². The summed E-state index contributed by atoms with van der Waals surface area (Å²) in [6, 6.07) is 13.4. The van der Waals surface area contributed by atoms with E-state index in [0.29, 0.717) is 17.1 Å². The standard InChI is InChI=1S/C21H21NO5/c1-13(2)19-21(25)22(20(24)15-9-5-7-11-18(15)27-19)12-16(23)14-8-4-6-10-17(14)26-3/h4-11,13,19H,12H2,1-3H3. The first kappa shape index (κ1) is 18.6. The fourth-order valence-electron chi connectivity index (χ4n) is 3.01. The van der Waals surface area contributed by atoms with E-state index in [2.05, 4.69) is 0 Å². The van der Waals surface area contributed by atoms with Crippen LogP contribution in [0.1, 0.15) is 34.6 Å². The maximum absolute atomic E-state index is 13.0. The lowest BCUT2D eigenvalue weighted by molar-refractivity contribution is -0.136. The second kappa shape index (κ2) is 7.61. The number of imide groups is 1. The third kappa shape index (κ3) is 3.56. The fourth-order valence-corrected chi connectivity index (χ4v) is 3.01. The van der Waals surface area contributed by atoms with Gasteiger partial charge >= 0.3 is 0 Å². The Morgan fingerprint density at radius 1 is 1.11 bits per heavy atom. The number of rotatable bonds is 5. The summed E-state index contributed by atoms with van der Waals surface area (Å²) < 4.78 is 11.0. The van der Waals surface area contributed by atoms with Gasteiger partial charge in [0.05, 0.1) is 24.8 Å². The van der Waals surface area contributed by atoms with Crippen LogP contribution in [0.2, 0.25) is 0 Å². The molecule has 2 amide bonds. The van der Waals surface area contributed by atoms with Gasteiger partial charge in [0.2, 0.25) is 0 Å². The third-order valence-corrected chi connectivity index (χ3v) is 4.44. The molecule has 2 aromatic rings. The molecule has 3 rings (SSSR count). The second-order valence-electron chi connectivity index (χ2n) is 6.63. The van der Waals surface area contributed by atoms with Gasteiger partial charge in [-0.2, -0.15) is 0 Å². The molecule has 1 unspecified atom stereocenters. The predicted molar refractivity (Wildman–Crippen MR) is 99.1 cm³/mol. The largest absolute Gasteiger partial charge is 0.496 e. The highest BCUT2D eigenvalue weighted by atomic mass is 16.5. The van der Waals surface area contributed by atoms with Gasteiger partial charge in [-0.05, 0) is 30.2 Å². The number of ether oxygens (including phenoxy) is 2. The minimum absolute atomic E-state index is 0.166. The molecule has 6 nitrogen and oxygen atoms in total. The first-order valence-corrected chi connectivity index (χ1v) is 8.71. The Morgan fingerprint density at radius 2 is 1.78 bits per heavy atom. The molecule has 6 heteroatoms. The van der Waals surface area contributed by atoms with Crippen LogP contribution in [0.4, 0.5) is 0 Å². The van der Waals surface area contributed by atoms with Crippen molar-refractivity contribution in [2.45, 2.75) is 20.0 Å². The van der Waals surface area contributed by atoms with Crippen LogP contribution in [0.5, 0.6) is 11.5 Å². The number of amides is 2. The Kier molecular flexibility index (Phi) is 5.26. The number of hydrogen-bond acceptors (Lipinski definition) is 5. The van der Waals surface area contributed by atoms with E-state index >= 15 is 0 Å². The molecule has 0 aliphatic carbocycles. The number of methoxy groups -OCH3 is 1. The van der Waals surface area contributed by atoms with Crippen molar-refractivity contribution in [3.05, 3.63) is 59.7 Å². The number of carbonyl (C=O) groups excluding carboxylic acids is 3. The van der Waals surface area contributed by atoms with Gasteiger partial charge in [0.25, 0.3) is 11.8 Å². The highest BCUT2D eigenvalue weighted by Gasteiger charge is 2.39. The minimum atomic E-state index is -0.844. The van der Waals surface area contributed by atoms with Crippen LogP contribution in [0, 0.1) is 5.92 Å². The summed E-state index contributed by atoms with van der Waals surface area (Å²) in [5, 5.41) is 0. The molecule has 0 fully saturated rings. The number of para-hydroxylation sites is 2. The van der Waals surface area contributed by atoms with Crippen molar-refractivity contribution in [2.75, 3.05) is 13.7 Å². The smallest absolute Gasteiger partial charge is 0.271 e. The van der Waals surface area contributed by atoms with Gasteiger partial charge in [0, 0.05) is 0 Å². The van der Waals surface area contributed by atoms with Crippen molar-refractivity contribution >= 4 is 17.6 Å². The maximum Gasteiger partial charge on any atom is 0.271 e. The highest BCUT2D eigenvalue weighted by Crippen LogP contribution is 2.28. The lowest BCUT2D eigenvalue weighted by atomic mass is 10.0. The van der Waals surface area contributed by atoms with Crippen molar-refractivity contribution in [3.63, 3.8) is 0 Å². The van der Waals surface area contributed by atoms with E-state index in [-0.39, 0.29) is 23.8 Å². The minimum Gasteiger partial charge on any atom is -0.496 e. The van der Waals surface area contributed by atoms with E-state index in [9.17, 15) is 14.4 Å². The van der Waals surface area contributed by atoms with Crippen molar-refractivity contribution < 1.29 is 23.9 Å². The van der Waals surface area contributed by atoms with Crippen LogP contribution in [0.15, 0.2) is 48.5 Å². The van der Waals surface area contributed by atoms with Gasteiger partial charge in [0.1, 0.15) is 11.5 Å². The van der Waals surface area contributed by atoms with Gasteiger partial charge in [-0.3, -0.25) is 19.3 Å². The summed E-state index contributed by atoms with van der Waals surface area (Å²) in [4.78, 5) is 39.8. The Balaban J connectivity index is 1.98. The monoisotopic (exact) mass is 367 g/mol. The number of carbonyl (C=O) groups is 3. The van der Waals surface area contributed by atoms with E-state index < -0.39 is 17.9 Å². The molecular formula is C21H21NO5. The van der Waals surface area contributed by atoms with E-state index in [4.69, 9.17) is 9.47 Å². The van der Waals surface area contributed by atoms with Gasteiger partial charge in [-0.25, -0.2) is 0 Å². The Hall–Kier alpha value is -3.15. The molecular weight excluding hydrogens is 346 g/mol. The average Bonchev–Trinajstić information content (AvgIpc) is 2.78. The molecule has 1 aliphatic heterocycles. The van der Waals surface area contributed by atoms with E-state index in [1.807, 2.05) is 13.8 Å². The van der Waals surface area contributed by atoms with Gasteiger partial charge < -0.3 is 9.47 Å². The molecule has 0 spiro atoms. The SMILES string of the molecule is COc1ccccc1C(=O)CN1C(=O)c2ccccc2OC(C(C)C)C1=O. The van der Waals surface area contributed by atoms with E-state index in [0.717, 1.165) is 4.90 Å². The second-order valence-corrected chi connectivity index (χ2v) is 6.63. The summed E-state index contributed by atoms with van der Waals surface area (Å²) in [5.41, 5.74) is 0.585. The van der Waals surface area contributed by atoms with Crippen LogP contribution in [-0.4, -0.2) is 42.3 Å². The zero-order chi connectivity index (χ0) is 19.6. The molecule has 0 saturated heterocycles. The number of Topliss-reactive ketones (excluding diaryl/α,β-unsaturated/α-hetero) is 1. The van der Waals surface area contributed by atoms with Crippen molar-refractivity contribution in [1.29, 1.82) is 0 Å². The summed E-state index contributed by atoms with van der Waals surface area (Å²) in [7, 11) is 1.47. The maximum atomic E-state index is 13.0. The van der Waals surface area contributed by atoms with Gasteiger partial charge in [-0.15, -0.1) is 0 Å². The number of ketones is 1. The lowest BCUT2D eigenvalue weighted by Gasteiger charge is -2.24. The molecule has 0 radical (unpaired) electrons. The molecule has 0 aromatic heterocycles. The zero-order valence-electron chi connectivity index (χ0n) is 15.5. The van der Waals surface area contributed by atoms with Crippen LogP contribution < -0.4 is 9.47 Å². The van der Waals surface area contributed by atoms with Crippen molar-refractivity contribution in [1.82, 2.24) is 4.90 Å². The van der Waals surface area contributed by atoms with Gasteiger partial charge in [0.15, 0.2) is 11.9 Å². The molecule has 140 valence electrons. The van der Waals surface area contributed by atoms with Crippen LogP contribution in [-0.2, 0) is 4.79 Å². The molecule has 0 bridgehead atoms. The Bertz CT molecular complexity index is 890. The molecule has 0 saturated carbocycles. The summed E-state index contributed by atoms with van der Waals surface area (Å²) in [5.74, 6) is -0.858. The summed E-state index contributed by atoms with van der Waals surface area (Å²) >= 11 is 0.